The number of benzene rings is 2. The van der Waals surface area contributed by atoms with Crippen LogP contribution in [0.1, 0.15) is 67.8 Å². The summed E-state index contributed by atoms with van der Waals surface area (Å²) < 4.78 is 25.7. The lowest BCUT2D eigenvalue weighted by molar-refractivity contribution is -0.123. The fraction of sp³-hybridized carbons (Fsp3) is 0.531. The Kier molecular flexibility index (Phi) is 11.4. The summed E-state index contributed by atoms with van der Waals surface area (Å²) in [6.45, 7) is 2.28. The van der Waals surface area contributed by atoms with Crippen LogP contribution in [0.15, 0.2) is 48.5 Å². The van der Waals surface area contributed by atoms with Crippen LogP contribution in [0.4, 0.5) is 11.4 Å². The van der Waals surface area contributed by atoms with Crippen LogP contribution in [0.2, 0.25) is 0 Å². The van der Waals surface area contributed by atoms with Crippen LogP contribution in [-0.4, -0.2) is 81.9 Å². The number of carbonyl (C=O) groups is 3. The van der Waals surface area contributed by atoms with Gasteiger partial charge in [-0.1, -0.05) is 49.6 Å². The number of amides is 3. The van der Waals surface area contributed by atoms with Crippen molar-refractivity contribution in [1.29, 1.82) is 0 Å². The molecule has 1 aliphatic carbocycles. The Morgan fingerprint density at radius 1 is 1.07 bits per heavy atom. The number of hydrogen-bond donors (Lipinski definition) is 4. The zero-order valence-electron chi connectivity index (χ0n) is 25.8. The van der Waals surface area contributed by atoms with Crippen molar-refractivity contribution < 1.29 is 27.9 Å². The van der Waals surface area contributed by atoms with Gasteiger partial charge in [0.15, 0.2) is 0 Å². The largest absolute Gasteiger partial charge is 0.390 e. The molecule has 2 fully saturated rings. The van der Waals surface area contributed by atoms with Crippen LogP contribution in [-0.2, 0) is 26.0 Å². The molecular weight excluding hydrogens is 582 g/mol. The minimum atomic E-state index is -3.64. The van der Waals surface area contributed by atoms with E-state index in [4.69, 9.17) is 0 Å². The fourth-order valence-corrected chi connectivity index (χ4v) is 6.17. The SMILES string of the molecule is C[C@H](NC[C@@H](O)[C@H](Cc1ccccc1)NC(=O)c1cc(N2CCCC2=O)cc(N(C)S(C)(=O)=O)c1)C(=O)NC1CCCCC1. The highest BCUT2D eigenvalue weighted by atomic mass is 32.2. The number of nitrogens with one attached hydrogen (secondary N) is 3. The molecule has 0 radical (unpaired) electrons. The molecule has 1 heterocycles. The molecule has 3 atom stereocenters. The standard InChI is InChI=1S/C32H45N5O6S/c1-22(31(40)34-25-13-8-5-9-14-25)33-21-29(38)28(17-23-11-6-4-7-12-23)35-32(41)24-18-26(36(2)44(3,42)43)20-27(19-24)37-16-10-15-30(37)39/h4,6-7,11-12,18-20,22,25,28-29,33,38H,5,8-10,13-17,21H2,1-3H3,(H,34,40)(H,35,41)/t22-,28-,29+/m0/s1. The molecule has 4 N–H and O–H groups in total. The van der Waals surface area contributed by atoms with Gasteiger partial charge in [-0.15, -0.1) is 0 Å². The monoisotopic (exact) mass is 627 g/mol. The summed E-state index contributed by atoms with van der Waals surface area (Å²) in [7, 11) is -2.25. The normalized spacial score (nSPS) is 18.0. The van der Waals surface area contributed by atoms with Gasteiger partial charge in [0.1, 0.15) is 0 Å². The zero-order chi connectivity index (χ0) is 31.9. The Balaban J connectivity index is 1.52. The van der Waals surface area contributed by atoms with Crippen LogP contribution in [0.3, 0.4) is 0 Å². The molecule has 2 aromatic carbocycles. The van der Waals surface area contributed by atoms with E-state index in [1.165, 1.54) is 19.5 Å². The topological polar surface area (TPSA) is 148 Å². The number of sulfonamides is 1. The number of aliphatic hydroxyl groups is 1. The van der Waals surface area contributed by atoms with Crippen molar-refractivity contribution >= 4 is 39.1 Å². The Hall–Kier alpha value is -3.48. The molecule has 4 rings (SSSR count). The summed E-state index contributed by atoms with van der Waals surface area (Å²) in [5.41, 5.74) is 1.74. The highest BCUT2D eigenvalue weighted by Crippen LogP contribution is 2.29. The molecule has 1 aliphatic heterocycles. The van der Waals surface area contributed by atoms with E-state index >= 15 is 0 Å². The molecule has 3 amide bonds. The maximum absolute atomic E-state index is 13.7. The van der Waals surface area contributed by atoms with Gasteiger partial charge in [0.2, 0.25) is 21.8 Å². The predicted molar refractivity (Wildman–Crippen MR) is 171 cm³/mol. The first kappa shape index (κ1) is 33.4. The van der Waals surface area contributed by atoms with E-state index in [1.54, 1.807) is 24.0 Å². The van der Waals surface area contributed by atoms with E-state index in [2.05, 4.69) is 16.0 Å². The number of carbonyl (C=O) groups excluding carboxylic acids is 3. The summed E-state index contributed by atoms with van der Waals surface area (Å²) in [6.07, 6.45) is 6.73. The Bertz CT molecular complexity index is 1410. The van der Waals surface area contributed by atoms with Gasteiger partial charge in [-0.05, 0) is 56.4 Å². The maximum Gasteiger partial charge on any atom is 0.251 e. The maximum atomic E-state index is 13.7. The molecule has 0 spiro atoms. The van der Waals surface area contributed by atoms with Gasteiger partial charge in [0.05, 0.1) is 30.1 Å². The first-order valence-corrected chi connectivity index (χ1v) is 17.2. The summed E-state index contributed by atoms with van der Waals surface area (Å²) in [5.74, 6) is -0.742. The molecule has 0 aromatic heterocycles. The minimum absolute atomic E-state index is 0.0570. The van der Waals surface area contributed by atoms with Crippen LogP contribution in [0.5, 0.6) is 0 Å². The fourth-order valence-electron chi connectivity index (χ4n) is 5.69. The van der Waals surface area contributed by atoms with Crippen molar-refractivity contribution in [3.05, 3.63) is 59.7 Å². The van der Waals surface area contributed by atoms with Gasteiger partial charge in [0.25, 0.3) is 5.91 Å². The van der Waals surface area contributed by atoms with E-state index < -0.39 is 34.1 Å². The smallest absolute Gasteiger partial charge is 0.251 e. The molecule has 2 aliphatic rings. The third-order valence-corrected chi connectivity index (χ3v) is 9.67. The van der Waals surface area contributed by atoms with Crippen LogP contribution >= 0.6 is 0 Å². The van der Waals surface area contributed by atoms with Crippen LogP contribution in [0, 0.1) is 0 Å². The quantitative estimate of drug-likeness (QED) is 0.267. The molecule has 2 aromatic rings. The van der Waals surface area contributed by atoms with Crippen molar-refractivity contribution in [3.8, 4) is 0 Å². The van der Waals surface area contributed by atoms with Gasteiger partial charge in [-0.2, -0.15) is 0 Å². The van der Waals surface area contributed by atoms with Crippen molar-refractivity contribution in [1.82, 2.24) is 16.0 Å². The van der Waals surface area contributed by atoms with Crippen molar-refractivity contribution in [3.63, 3.8) is 0 Å². The van der Waals surface area contributed by atoms with Gasteiger partial charge in [-0.3, -0.25) is 18.7 Å². The molecule has 11 nitrogen and oxygen atoms in total. The Morgan fingerprint density at radius 3 is 2.41 bits per heavy atom. The molecular formula is C32H45N5O6S. The predicted octanol–water partition coefficient (Wildman–Crippen LogP) is 2.34. The van der Waals surface area contributed by atoms with Gasteiger partial charge >= 0.3 is 0 Å². The summed E-state index contributed by atoms with van der Waals surface area (Å²) in [5, 5.41) is 20.4. The van der Waals surface area contributed by atoms with E-state index in [9.17, 15) is 27.9 Å². The van der Waals surface area contributed by atoms with E-state index in [0.29, 0.717) is 31.5 Å². The lowest BCUT2D eigenvalue weighted by atomic mass is 9.95. The van der Waals surface area contributed by atoms with Gasteiger partial charge in [-0.25, -0.2) is 8.42 Å². The summed E-state index contributed by atoms with van der Waals surface area (Å²) in [4.78, 5) is 40.5. The number of anilines is 2. The summed E-state index contributed by atoms with van der Waals surface area (Å²) >= 11 is 0. The van der Waals surface area contributed by atoms with Crippen LogP contribution in [0.25, 0.3) is 0 Å². The first-order valence-electron chi connectivity index (χ1n) is 15.4. The Labute approximate surface area is 260 Å². The number of hydrogen-bond acceptors (Lipinski definition) is 7. The molecule has 240 valence electrons. The molecule has 12 heteroatoms. The highest BCUT2D eigenvalue weighted by molar-refractivity contribution is 7.92. The summed E-state index contributed by atoms with van der Waals surface area (Å²) in [6, 6.07) is 12.9. The average molecular weight is 628 g/mol. The second-order valence-corrected chi connectivity index (χ2v) is 13.9. The highest BCUT2D eigenvalue weighted by Gasteiger charge is 2.28. The number of aliphatic hydroxyl groups excluding tert-OH is 1. The molecule has 1 saturated carbocycles. The van der Waals surface area contributed by atoms with Gasteiger partial charge in [0, 0.05) is 43.9 Å². The zero-order valence-corrected chi connectivity index (χ0v) is 26.6. The van der Waals surface area contributed by atoms with Crippen molar-refractivity contribution in [2.24, 2.45) is 0 Å². The molecule has 0 bridgehead atoms. The van der Waals surface area contributed by atoms with Gasteiger partial charge < -0.3 is 26.0 Å². The van der Waals surface area contributed by atoms with Crippen LogP contribution < -0.4 is 25.2 Å². The number of rotatable bonds is 13. The van der Waals surface area contributed by atoms with E-state index in [1.807, 2.05) is 30.3 Å². The van der Waals surface area contributed by atoms with Crippen molar-refractivity contribution in [2.45, 2.75) is 82.5 Å². The second-order valence-electron chi connectivity index (χ2n) is 11.9. The lowest BCUT2D eigenvalue weighted by Gasteiger charge is -2.28. The Morgan fingerprint density at radius 2 is 1.77 bits per heavy atom. The molecule has 44 heavy (non-hydrogen) atoms. The minimum Gasteiger partial charge on any atom is -0.390 e. The molecule has 1 saturated heterocycles. The molecule has 0 unspecified atom stereocenters. The third-order valence-electron chi connectivity index (χ3n) is 8.47. The lowest BCUT2D eigenvalue weighted by Crippen LogP contribution is -2.53. The first-order chi connectivity index (χ1) is 20.9. The number of nitrogens with zero attached hydrogens (tertiary/aromatic N) is 2. The van der Waals surface area contributed by atoms with E-state index in [0.717, 1.165) is 41.8 Å². The van der Waals surface area contributed by atoms with E-state index in [-0.39, 0.29) is 35.7 Å². The third kappa shape index (κ3) is 9.02. The van der Waals surface area contributed by atoms with Crippen molar-refractivity contribution in [2.75, 3.05) is 35.6 Å². The second kappa shape index (κ2) is 15.0. The average Bonchev–Trinajstić information content (AvgIpc) is 3.44.